The van der Waals surface area contributed by atoms with Crippen molar-refractivity contribution in [2.24, 2.45) is 0 Å². The third-order valence-electron chi connectivity index (χ3n) is 3.78. The van der Waals surface area contributed by atoms with Gasteiger partial charge in [-0.3, -0.25) is 4.79 Å². The lowest BCUT2D eigenvalue weighted by atomic mass is 10.2. The van der Waals surface area contributed by atoms with Crippen LogP contribution >= 0.6 is 34.7 Å². The molecule has 0 spiro atoms. The van der Waals surface area contributed by atoms with E-state index in [2.05, 4.69) is 10.2 Å². The van der Waals surface area contributed by atoms with Crippen LogP contribution in [0.3, 0.4) is 0 Å². The van der Waals surface area contributed by atoms with Crippen LogP contribution in [0, 0.1) is 0 Å². The number of fused-ring (bicyclic) bond motifs is 1. The van der Waals surface area contributed by atoms with Gasteiger partial charge in [0.15, 0.2) is 5.82 Å². The number of hydrogen-bond donors (Lipinski definition) is 0. The topological polar surface area (TPSA) is 47.3 Å². The summed E-state index contributed by atoms with van der Waals surface area (Å²) >= 11 is 9.25. The van der Waals surface area contributed by atoms with Crippen LogP contribution in [-0.4, -0.2) is 20.9 Å². The van der Waals surface area contributed by atoms with Crippen molar-refractivity contribution in [1.29, 1.82) is 0 Å². The van der Waals surface area contributed by atoms with Crippen molar-refractivity contribution in [3.05, 3.63) is 74.0 Å². The van der Waals surface area contributed by atoms with Crippen LogP contribution in [0.15, 0.2) is 58.2 Å². The fourth-order valence-corrected chi connectivity index (χ4v) is 4.07. The minimum atomic E-state index is -0.131. The number of halogens is 1. The first-order valence-electron chi connectivity index (χ1n) is 7.46. The Morgan fingerprint density at radius 3 is 2.60 bits per heavy atom. The largest absolute Gasteiger partial charge is 0.276 e. The molecule has 2 heterocycles. The highest BCUT2D eigenvalue weighted by atomic mass is 35.5. The van der Waals surface area contributed by atoms with Gasteiger partial charge >= 0.3 is 0 Å². The zero-order chi connectivity index (χ0) is 17.4. The molecule has 0 aliphatic rings. The maximum absolute atomic E-state index is 12.8. The molecule has 0 aliphatic heterocycles. The van der Waals surface area contributed by atoms with Crippen LogP contribution in [0.2, 0.25) is 5.02 Å². The molecule has 7 heteroatoms. The third-order valence-corrected chi connectivity index (χ3v) is 5.81. The van der Waals surface area contributed by atoms with Gasteiger partial charge < -0.3 is 0 Å². The van der Waals surface area contributed by atoms with Crippen LogP contribution in [0.5, 0.6) is 0 Å². The molecule has 0 saturated carbocycles. The van der Waals surface area contributed by atoms with E-state index in [4.69, 9.17) is 11.6 Å². The van der Waals surface area contributed by atoms with E-state index in [1.54, 1.807) is 17.8 Å². The molecule has 0 atom stereocenters. The Labute approximate surface area is 156 Å². The first-order valence-corrected chi connectivity index (χ1v) is 9.88. The van der Waals surface area contributed by atoms with Gasteiger partial charge in [-0.25, -0.2) is 4.40 Å². The second-order valence-corrected chi connectivity index (χ2v) is 7.61. The zero-order valence-electron chi connectivity index (χ0n) is 13.1. The highest BCUT2D eigenvalue weighted by Crippen LogP contribution is 2.26. The number of aromatic nitrogens is 3. The molecule has 0 N–H and O–H groups in total. The highest BCUT2D eigenvalue weighted by Gasteiger charge is 2.15. The highest BCUT2D eigenvalue weighted by molar-refractivity contribution is 7.98. The van der Waals surface area contributed by atoms with E-state index < -0.39 is 0 Å². The lowest BCUT2D eigenvalue weighted by Crippen LogP contribution is -2.23. The van der Waals surface area contributed by atoms with Gasteiger partial charge in [-0.05, 0) is 42.2 Å². The minimum Gasteiger partial charge on any atom is -0.267 e. The molecular weight excluding hydrogens is 374 g/mol. The molecule has 0 amide bonds. The number of thioether (sulfide) groups is 1. The first kappa shape index (κ1) is 16.3. The van der Waals surface area contributed by atoms with Crippen LogP contribution in [0.4, 0.5) is 0 Å². The van der Waals surface area contributed by atoms with Crippen molar-refractivity contribution in [1.82, 2.24) is 14.6 Å². The predicted octanol–water partition coefficient (Wildman–Crippen LogP) is 3.74. The standard InChI is InChI=1S/C18H12ClN3OS2/c1-24-12-8-6-11(7-9-12)10-15-17(23)22-16(20-21-18(22)25-15)13-4-2-3-5-14(13)19/h2-10H,1H3/b15-10-. The number of rotatable bonds is 3. The van der Waals surface area contributed by atoms with Crippen LogP contribution in [-0.2, 0) is 0 Å². The minimum absolute atomic E-state index is 0.131. The fourth-order valence-electron chi connectivity index (χ4n) is 2.53. The Morgan fingerprint density at radius 1 is 1.12 bits per heavy atom. The lowest BCUT2D eigenvalue weighted by molar-refractivity contribution is 1.09. The van der Waals surface area contributed by atoms with Gasteiger partial charge in [0.1, 0.15) is 0 Å². The number of thiazole rings is 1. The average molecular weight is 386 g/mol. The molecule has 4 nitrogen and oxygen atoms in total. The number of benzene rings is 2. The van der Waals surface area contributed by atoms with Gasteiger partial charge in [0.25, 0.3) is 5.56 Å². The van der Waals surface area contributed by atoms with Gasteiger partial charge in [-0.1, -0.05) is 47.2 Å². The smallest absolute Gasteiger partial charge is 0.267 e. The van der Waals surface area contributed by atoms with Gasteiger partial charge in [0.05, 0.1) is 9.55 Å². The zero-order valence-corrected chi connectivity index (χ0v) is 15.5. The van der Waals surface area contributed by atoms with Crippen molar-refractivity contribution in [3.8, 4) is 11.4 Å². The van der Waals surface area contributed by atoms with Crippen molar-refractivity contribution in [2.75, 3.05) is 6.26 Å². The Kier molecular flexibility index (Phi) is 4.33. The van der Waals surface area contributed by atoms with Crippen molar-refractivity contribution >= 4 is 45.7 Å². The summed E-state index contributed by atoms with van der Waals surface area (Å²) in [6.45, 7) is 0. The molecule has 25 heavy (non-hydrogen) atoms. The van der Waals surface area contributed by atoms with E-state index in [-0.39, 0.29) is 5.56 Å². The molecule has 0 bridgehead atoms. The van der Waals surface area contributed by atoms with E-state index in [9.17, 15) is 4.79 Å². The molecule has 0 aliphatic carbocycles. The van der Waals surface area contributed by atoms with Gasteiger partial charge in [-0.2, -0.15) is 0 Å². The van der Waals surface area contributed by atoms with E-state index >= 15 is 0 Å². The first-order chi connectivity index (χ1) is 12.2. The molecule has 0 fully saturated rings. The molecule has 4 aromatic rings. The predicted molar refractivity (Wildman–Crippen MR) is 105 cm³/mol. The maximum Gasteiger partial charge on any atom is 0.276 e. The second-order valence-electron chi connectivity index (χ2n) is 5.31. The van der Waals surface area contributed by atoms with Gasteiger partial charge in [-0.15, -0.1) is 22.0 Å². The summed E-state index contributed by atoms with van der Waals surface area (Å²) in [6, 6.07) is 15.4. The monoisotopic (exact) mass is 385 g/mol. The summed E-state index contributed by atoms with van der Waals surface area (Å²) in [5, 5.41) is 8.82. The van der Waals surface area contributed by atoms with E-state index in [1.165, 1.54) is 20.6 Å². The molecule has 0 saturated heterocycles. The van der Waals surface area contributed by atoms with Crippen molar-refractivity contribution in [3.63, 3.8) is 0 Å². The Balaban J connectivity index is 1.88. The molecule has 2 aromatic carbocycles. The number of hydrogen-bond acceptors (Lipinski definition) is 5. The Morgan fingerprint density at radius 2 is 1.88 bits per heavy atom. The summed E-state index contributed by atoms with van der Waals surface area (Å²) in [5.74, 6) is 0.472. The quantitative estimate of drug-likeness (QED) is 0.504. The van der Waals surface area contributed by atoms with Crippen LogP contribution in [0.1, 0.15) is 5.56 Å². The molecular formula is C18H12ClN3OS2. The fraction of sp³-hybridized carbons (Fsp3) is 0.0556. The Hall–Kier alpha value is -2.15. The second kappa shape index (κ2) is 6.63. The lowest BCUT2D eigenvalue weighted by Gasteiger charge is -1.99. The molecule has 124 valence electrons. The molecule has 4 rings (SSSR count). The van der Waals surface area contributed by atoms with Crippen molar-refractivity contribution < 1.29 is 0 Å². The summed E-state index contributed by atoms with van der Waals surface area (Å²) < 4.78 is 2.14. The summed E-state index contributed by atoms with van der Waals surface area (Å²) in [6.07, 6.45) is 3.91. The third kappa shape index (κ3) is 2.97. The van der Waals surface area contributed by atoms with E-state index in [0.717, 1.165) is 5.56 Å². The summed E-state index contributed by atoms with van der Waals surface area (Å²) in [7, 11) is 0. The van der Waals surface area contributed by atoms with Crippen LogP contribution < -0.4 is 10.1 Å². The summed E-state index contributed by atoms with van der Waals surface area (Å²) in [4.78, 5) is 14.6. The van der Waals surface area contributed by atoms with E-state index in [0.29, 0.717) is 25.9 Å². The average Bonchev–Trinajstić information content (AvgIpc) is 3.17. The molecule has 0 unspecified atom stereocenters. The maximum atomic E-state index is 12.8. The molecule has 0 radical (unpaired) electrons. The normalized spacial score (nSPS) is 12.2. The molecule has 2 aromatic heterocycles. The summed E-state index contributed by atoms with van der Waals surface area (Å²) in [5.41, 5.74) is 1.54. The van der Waals surface area contributed by atoms with Crippen molar-refractivity contribution in [2.45, 2.75) is 4.90 Å². The SMILES string of the molecule is CSc1ccc(/C=c2\sc3nnc(-c4ccccc4Cl)n3c2=O)cc1. The van der Waals surface area contributed by atoms with Gasteiger partial charge in [0.2, 0.25) is 4.96 Å². The van der Waals surface area contributed by atoms with Crippen LogP contribution in [0.25, 0.3) is 22.4 Å². The van der Waals surface area contributed by atoms with E-state index in [1.807, 2.05) is 54.8 Å². The van der Waals surface area contributed by atoms with Gasteiger partial charge in [0, 0.05) is 10.5 Å². The Bertz CT molecular complexity index is 1170. The number of nitrogens with zero attached hydrogens (tertiary/aromatic N) is 3.